The smallest absolute Gasteiger partial charge is 0.123 e. The van der Waals surface area contributed by atoms with Crippen LogP contribution in [0.1, 0.15) is 38.7 Å². The van der Waals surface area contributed by atoms with Gasteiger partial charge in [-0.1, -0.05) is 38.8 Å². The van der Waals surface area contributed by atoms with E-state index < -0.39 is 0 Å². The number of benzene rings is 1. The molecule has 0 radical (unpaired) electrons. The molecule has 0 spiro atoms. The van der Waals surface area contributed by atoms with Gasteiger partial charge < -0.3 is 5.32 Å². The van der Waals surface area contributed by atoms with Crippen LogP contribution in [0.5, 0.6) is 0 Å². The van der Waals surface area contributed by atoms with E-state index in [1.54, 1.807) is 0 Å². The van der Waals surface area contributed by atoms with Gasteiger partial charge in [0, 0.05) is 12.6 Å². The lowest BCUT2D eigenvalue weighted by molar-refractivity contribution is 0.206. The van der Waals surface area contributed by atoms with Crippen molar-refractivity contribution in [2.45, 2.75) is 45.7 Å². The highest BCUT2D eigenvalue weighted by Crippen LogP contribution is 2.29. The first kappa shape index (κ1) is 12.6. The van der Waals surface area contributed by atoms with Gasteiger partial charge in [0.05, 0.1) is 0 Å². The van der Waals surface area contributed by atoms with Crippen molar-refractivity contribution in [2.75, 3.05) is 0 Å². The maximum atomic E-state index is 12.8. The third-order valence-corrected chi connectivity index (χ3v) is 4.19. The van der Waals surface area contributed by atoms with Gasteiger partial charge >= 0.3 is 0 Å². The predicted molar refractivity (Wildman–Crippen MR) is 69.2 cm³/mol. The van der Waals surface area contributed by atoms with Crippen LogP contribution >= 0.6 is 0 Å². The summed E-state index contributed by atoms with van der Waals surface area (Å²) in [5.74, 6) is 1.40. The molecule has 1 aromatic rings. The third kappa shape index (κ3) is 3.29. The average molecular weight is 235 g/mol. The van der Waals surface area contributed by atoms with E-state index in [2.05, 4.69) is 19.2 Å². The molecule has 0 aliphatic heterocycles. The highest BCUT2D eigenvalue weighted by atomic mass is 19.1. The summed E-state index contributed by atoms with van der Waals surface area (Å²) in [6.45, 7) is 5.53. The first-order chi connectivity index (χ1) is 8.16. The van der Waals surface area contributed by atoms with Gasteiger partial charge in [-0.25, -0.2) is 4.39 Å². The molecule has 0 unspecified atom stereocenters. The molecule has 0 amide bonds. The first-order valence-electron chi connectivity index (χ1n) is 6.64. The van der Waals surface area contributed by atoms with Crippen molar-refractivity contribution in [3.05, 3.63) is 35.6 Å². The topological polar surface area (TPSA) is 12.0 Å². The minimum absolute atomic E-state index is 0.159. The van der Waals surface area contributed by atoms with Crippen LogP contribution in [0.15, 0.2) is 24.3 Å². The quantitative estimate of drug-likeness (QED) is 0.841. The first-order valence-corrected chi connectivity index (χ1v) is 6.64. The summed E-state index contributed by atoms with van der Waals surface area (Å²) in [6, 6.07) is 7.40. The van der Waals surface area contributed by atoms with E-state index in [0.29, 0.717) is 6.04 Å². The molecule has 1 N–H and O–H groups in total. The van der Waals surface area contributed by atoms with Crippen molar-refractivity contribution in [1.29, 1.82) is 0 Å². The molecule has 3 atom stereocenters. The molecule has 0 heterocycles. The van der Waals surface area contributed by atoms with Crippen molar-refractivity contribution < 1.29 is 4.39 Å². The van der Waals surface area contributed by atoms with E-state index in [0.717, 1.165) is 23.9 Å². The fraction of sp³-hybridized carbons (Fsp3) is 0.600. The summed E-state index contributed by atoms with van der Waals surface area (Å²) in [4.78, 5) is 0. The fourth-order valence-electron chi connectivity index (χ4n) is 2.72. The molecule has 0 saturated heterocycles. The van der Waals surface area contributed by atoms with E-state index in [1.807, 2.05) is 12.1 Å². The molecular formula is C15H22FN. The number of rotatable bonds is 3. The summed E-state index contributed by atoms with van der Waals surface area (Å²) in [5, 5.41) is 3.62. The Morgan fingerprint density at radius 2 is 1.88 bits per heavy atom. The Balaban J connectivity index is 1.87. The van der Waals surface area contributed by atoms with Gasteiger partial charge in [0.25, 0.3) is 0 Å². The Morgan fingerprint density at radius 3 is 2.59 bits per heavy atom. The lowest BCUT2D eigenvalue weighted by atomic mass is 9.78. The van der Waals surface area contributed by atoms with E-state index in [-0.39, 0.29) is 5.82 Å². The van der Waals surface area contributed by atoms with Gasteiger partial charge in [-0.3, -0.25) is 0 Å². The van der Waals surface area contributed by atoms with Crippen LogP contribution < -0.4 is 5.32 Å². The van der Waals surface area contributed by atoms with Crippen molar-refractivity contribution in [2.24, 2.45) is 11.8 Å². The highest BCUT2D eigenvalue weighted by Gasteiger charge is 2.26. The van der Waals surface area contributed by atoms with Crippen molar-refractivity contribution in [3.63, 3.8) is 0 Å². The molecule has 2 heteroatoms. The number of hydrogen-bond acceptors (Lipinski definition) is 1. The van der Waals surface area contributed by atoms with E-state index in [9.17, 15) is 4.39 Å². The maximum absolute atomic E-state index is 12.8. The molecule has 2 rings (SSSR count). The van der Waals surface area contributed by atoms with Gasteiger partial charge in [-0.15, -0.1) is 0 Å². The Bertz CT molecular complexity index is 346. The minimum atomic E-state index is -0.159. The summed E-state index contributed by atoms with van der Waals surface area (Å²) in [6.07, 6.45) is 3.95. The largest absolute Gasteiger partial charge is 0.310 e. The molecule has 17 heavy (non-hydrogen) atoms. The maximum Gasteiger partial charge on any atom is 0.123 e. The molecule has 1 saturated carbocycles. The SMILES string of the molecule is C[C@@H]1[C@H](C)CCC[C@H]1NCc1ccc(F)cc1. The monoisotopic (exact) mass is 235 g/mol. The Morgan fingerprint density at radius 1 is 1.18 bits per heavy atom. The van der Waals surface area contributed by atoms with Crippen LogP contribution in [0.2, 0.25) is 0 Å². The van der Waals surface area contributed by atoms with Gasteiger partial charge in [-0.05, 0) is 36.0 Å². The minimum Gasteiger partial charge on any atom is -0.310 e. The molecule has 1 fully saturated rings. The van der Waals surface area contributed by atoms with Crippen molar-refractivity contribution in [3.8, 4) is 0 Å². The molecule has 0 bridgehead atoms. The Kier molecular flexibility index (Phi) is 4.16. The summed E-state index contributed by atoms with van der Waals surface area (Å²) in [7, 11) is 0. The standard InChI is InChI=1S/C15H22FN/c1-11-4-3-5-15(12(11)2)17-10-13-6-8-14(16)9-7-13/h6-9,11-12,15,17H,3-5,10H2,1-2H3/t11-,12-,15-/m1/s1. The van der Waals surface area contributed by atoms with Crippen LogP contribution in [0.3, 0.4) is 0 Å². The summed E-state index contributed by atoms with van der Waals surface area (Å²) in [5.41, 5.74) is 1.16. The zero-order valence-corrected chi connectivity index (χ0v) is 10.7. The van der Waals surface area contributed by atoms with Gasteiger partial charge in [0.15, 0.2) is 0 Å². The second-order valence-electron chi connectivity index (χ2n) is 5.38. The van der Waals surface area contributed by atoms with E-state index in [4.69, 9.17) is 0 Å². The predicted octanol–water partition coefficient (Wildman–Crippen LogP) is 3.74. The number of nitrogens with one attached hydrogen (secondary N) is 1. The van der Waals surface area contributed by atoms with Gasteiger partial charge in [-0.2, -0.15) is 0 Å². The molecule has 94 valence electrons. The second-order valence-corrected chi connectivity index (χ2v) is 5.38. The van der Waals surface area contributed by atoms with Crippen LogP contribution in [-0.4, -0.2) is 6.04 Å². The van der Waals surface area contributed by atoms with Gasteiger partial charge in [0.2, 0.25) is 0 Å². The number of halogens is 1. The Hall–Kier alpha value is -0.890. The van der Waals surface area contributed by atoms with Crippen LogP contribution in [-0.2, 0) is 6.54 Å². The third-order valence-electron chi connectivity index (χ3n) is 4.19. The van der Waals surface area contributed by atoms with Crippen LogP contribution in [0, 0.1) is 17.7 Å². The van der Waals surface area contributed by atoms with Gasteiger partial charge in [0.1, 0.15) is 5.82 Å². The zero-order chi connectivity index (χ0) is 12.3. The number of hydrogen-bond donors (Lipinski definition) is 1. The van der Waals surface area contributed by atoms with Crippen molar-refractivity contribution >= 4 is 0 Å². The highest BCUT2D eigenvalue weighted by molar-refractivity contribution is 5.15. The fourth-order valence-corrected chi connectivity index (χ4v) is 2.72. The van der Waals surface area contributed by atoms with Crippen molar-refractivity contribution in [1.82, 2.24) is 5.32 Å². The molecule has 1 aromatic carbocycles. The normalized spacial score (nSPS) is 29.2. The lowest BCUT2D eigenvalue weighted by Gasteiger charge is -2.34. The molecular weight excluding hydrogens is 213 g/mol. The lowest BCUT2D eigenvalue weighted by Crippen LogP contribution is -2.40. The second kappa shape index (κ2) is 5.63. The van der Waals surface area contributed by atoms with E-state index in [1.165, 1.54) is 31.4 Å². The summed E-state index contributed by atoms with van der Waals surface area (Å²) >= 11 is 0. The molecule has 0 aromatic heterocycles. The molecule has 1 aliphatic rings. The zero-order valence-electron chi connectivity index (χ0n) is 10.7. The Labute approximate surface area is 103 Å². The van der Waals surface area contributed by atoms with Crippen LogP contribution in [0.4, 0.5) is 4.39 Å². The molecule has 1 nitrogen and oxygen atoms in total. The van der Waals surface area contributed by atoms with E-state index >= 15 is 0 Å². The molecule has 1 aliphatic carbocycles. The summed E-state index contributed by atoms with van der Waals surface area (Å²) < 4.78 is 12.8. The van der Waals surface area contributed by atoms with Crippen LogP contribution in [0.25, 0.3) is 0 Å². The average Bonchev–Trinajstić information content (AvgIpc) is 2.33.